The molecule has 0 aliphatic carbocycles. The first-order chi connectivity index (χ1) is 17.2. The number of hydrogen-bond acceptors (Lipinski definition) is 8. The number of hydrogen-bond donors (Lipinski definition) is 0. The molecule has 0 amide bonds. The average molecular weight is 504 g/mol. The van der Waals surface area contributed by atoms with Crippen LogP contribution in [0.3, 0.4) is 0 Å². The molecule has 0 spiro atoms. The molecule has 3 heterocycles. The van der Waals surface area contributed by atoms with Gasteiger partial charge in [-0.1, -0.05) is 71.5 Å². The Morgan fingerprint density at radius 2 is 1.69 bits per heavy atom. The first-order valence-electron chi connectivity index (χ1n) is 11.3. The highest BCUT2D eigenvalue weighted by Crippen LogP contribution is 2.48. The lowest BCUT2D eigenvalue weighted by Crippen LogP contribution is -2.19. The van der Waals surface area contributed by atoms with Gasteiger partial charge in [0.1, 0.15) is 16.2 Å². The van der Waals surface area contributed by atoms with Gasteiger partial charge in [-0.05, 0) is 36.8 Å². The largest absolute Gasteiger partial charge is 0.467 e. The summed E-state index contributed by atoms with van der Waals surface area (Å²) in [6.07, 6.45) is 1.56. The van der Waals surface area contributed by atoms with E-state index in [1.807, 2.05) is 61.5 Å². The van der Waals surface area contributed by atoms with Crippen LogP contribution in [0.2, 0.25) is 0 Å². The summed E-state index contributed by atoms with van der Waals surface area (Å²) in [5.41, 5.74) is 2.59. The molecular formula is C27H25N3O3S2. The molecule has 0 bridgehead atoms. The van der Waals surface area contributed by atoms with E-state index in [1.165, 1.54) is 0 Å². The summed E-state index contributed by atoms with van der Waals surface area (Å²) in [5, 5.41) is 5.22. The molecule has 0 saturated heterocycles. The van der Waals surface area contributed by atoms with Crippen molar-refractivity contribution in [3.05, 3.63) is 108 Å². The lowest BCUT2D eigenvalue weighted by molar-refractivity contribution is 0.120. The molecule has 2 aromatic carbocycles. The third-order valence-electron chi connectivity index (χ3n) is 5.51. The minimum atomic E-state index is -0.239. The van der Waals surface area contributed by atoms with Crippen molar-refractivity contribution < 1.29 is 14.0 Å². The standard InChI is InChI=1S/C27H25N3O3S2/c1-18-23(26-29-21(17-31-2)24(32-26)19-11-5-3-6-12-19)25(33-30-18)27(34-20-13-7-4-8-14-20)35-22-15-9-10-16-28-22/h3-16,21,24,27H,17H2,1-2H3/t21-,24-,27-/m0/s1. The van der Waals surface area contributed by atoms with Crippen molar-refractivity contribution in [3.63, 3.8) is 0 Å². The summed E-state index contributed by atoms with van der Waals surface area (Å²) in [6.45, 7) is 2.37. The van der Waals surface area contributed by atoms with Crippen molar-refractivity contribution in [2.45, 2.75) is 33.6 Å². The fourth-order valence-corrected chi connectivity index (χ4v) is 6.30. The van der Waals surface area contributed by atoms with Crippen molar-refractivity contribution in [2.75, 3.05) is 13.7 Å². The van der Waals surface area contributed by atoms with Crippen LogP contribution in [-0.2, 0) is 9.47 Å². The van der Waals surface area contributed by atoms with E-state index < -0.39 is 0 Å². The van der Waals surface area contributed by atoms with Gasteiger partial charge in [0, 0.05) is 18.2 Å². The zero-order valence-corrected chi connectivity index (χ0v) is 21.0. The molecule has 8 heteroatoms. The van der Waals surface area contributed by atoms with E-state index in [-0.39, 0.29) is 16.7 Å². The number of thioether (sulfide) groups is 2. The number of aliphatic imine (C=N–C) groups is 1. The second-order valence-corrected chi connectivity index (χ2v) is 10.6. The molecule has 4 aromatic rings. The van der Waals surface area contributed by atoms with Crippen molar-refractivity contribution in [2.24, 2.45) is 4.99 Å². The quantitative estimate of drug-likeness (QED) is 0.191. The molecule has 5 rings (SSSR count). The first kappa shape index (κ1) is 23.7. The van der Waals surface area contributed by atoms with E-state index in [1.54, 1.807) is 36.8 Å². The van der Waals surface area contributed by atoms with Gasteiger partial charge in [-0.15, -0.1) is 11.8 Å². The van der Waals surface area contributed by atoms with Crippen molar-refractivity contribution >= 4 is 29.4 Å². The molecule has 0 radical (unpaired) electrons. The van der Waals surface area contributed by atoms with Gasteiger partial charge in [-0.25, -0.2) is 9.98 Å². The van der Waals surface area contributed by atoms with Gasteiger partial charge in [0.2, 0.25) is 5.90 Å². The monoisotopic (exact) mass is 503 g/mol. The molecular weight excluding hydrogens is 478 g/mol. The molecule has 0 saturated carbocycles. The highest BCUT2D eigenvalue weighted by molar-refractivity contribution is 8.16. The number of aryl methyl sites for hydroxylation is 1. The van der Waals surface area contributed by atoms with Gasteiger partial charge in [0.15, 0.2) is 11.9 Å². The van der Waals surface area contributed by atoms with Gasteiger partial charge in [0.25, 0.3) is 0 Å². The molecule has 2 aromatic heterocycles. The lowest BCUT2D eigenvalue weighted by atomic mass is 10.0. The maximum absolute atomic E-state index is 6.46. The summed E-state index contributed by atoms with van der Waals surface area (Å²) in [5.74, 6) is 1.24. The van der Waals surface area contributed by atoms with Crippen LogP contribution >= 0.6 is 23.5 Å². The first-order valence-corrected chi connectivity index (χ1v) is 13.0. The molecule has 6 nitrogen and oxygen atoms in total. The van der Waals surface area contributed by atoms with Crippen LogP contribution in [0.15, 0.2) is 104 Å². The molecule has 0 unspecified atom stereocenters. The van der Waals surface area contributed by atoms with Crippen LogP contribution in [0.4, 0.5) is 0 Å². The Kier molecular flexibility index (Phi) is 7.51. The Morgan fingerprint density at radius 3 is 2.40 bits per heavy atom. The van der Waals surface area contributed by atoms with Crippen LogP contribution < -0.4 is 0 Å². The highest BCUT2D eigenvalue weighted by atomic mass is 32.2. The van der Waals surface area contributed by atoms with Crippen molar-refractivity contribution in [3.8, 4) is 0 Å². The molecule has 0 N–H and O–H groups in total. The third-order valence-corrected chi connectivity index (χ3v) is 7.97. The molecule has 0 fully saturated rings. The lowest BCUT2D eigenvalue weighted by Gasteiger charge is -2.18. The minimum absolute atomic E-state index is 0.147. The smallest absolute Gasteiger partial charge is 0.222 e. The Labute approximate surface area is 213 Å². The van der Waals surface area contributed by atoms with Crippen LogP contribution in [0.5, 0.6) is 0 Å². The summed E-state index contributed by atoms with van der Waals surface area (Å²) in [7, 11) is 1.68. The van der Waals surface area contributed by atoms with E-state index in [0.29, 0.717) is 18.3 Å². The van der Waals surface area contributed by atoms with Crippen LogP contribution in [0.1, 0.15) is 33.3 Å². The van der Waals surface area contributed by atoms with E-state index in [0.717, 1.165) is 26.7 Å². The van der Waals surface area contributed by atoms with E-state index in [4.69, 9.17) is 19.0 Å². The zero-order valence-electron chi connectivity index (χ0n) is 19.4. The second-order valence-electron chi connectivity index (χ2n) is 7.96. The van der Waals surface area contributed by atoms with Crippen molar-refractivity contribution in [1.82, 2.24) is 10.1 Å². The molecule has 3 atom stereocenters. The van der Waals surface area contributed by atoms with E-state index in [2.05, 4.69) is 34.4 Å². The second kappa shape index (κ2) is 11.1. The summed E-state index contributed by atoms with van der Waals surface area (Å²) in [4.78, 5) is 10.6. The number of nitrogens with zero attached hydrogens (tertiary/aromatic N) is 3. The Hall–Kier alpha value is -3.07. The highest BCUT2D eigenvalue weighted by Gasteiger charge is 2.37. The molecule has 178 valence electrons. The minimum Gasteiger partial charge on any atom is -0.467 e. The van der Waals surface area contributed by atoms with E-state index >= 15 is 0 Å². The van der Waals surface area contributed by atoms with Crippen molar-refractivity contribution in [1.29, 1.82) is 0 Å². The number of ether oxygens (including phenoxy) is 2. The fourth-order valence-electron chi connectivity index (χ4n) is 3.89. The Bertz CT molecular complexity index is 1230. The van der Waals surface area contributed by atoms with Gasteiger partial charge in [-0.2, -0.15) is 0 Å². The summed E-state index contributed by atoms with van der Waals surface area (Å²) >= 11 is 3.30. The number of pyridine rings is 1. The van der Waals surface area contributed by atoms with Gasteiger partial charge >= 0.3 is 0 Å². The van der Waals surface area contributed by atoms with Gasteiger partial charge in [-0.3, -0.25) is 0 Å². The predicted molar refractivity (Wildman–Crippen MR) is 139 cm³/mol. The summed E-state index contributed by atoms with van der Waals surface area (Å²) < 4.78 is 17.7. The normalized spacial score (nSPS) is 18.2. The number of methoxy groups -OCH3 is 1. The molecule has 35 heavy (non-hydrogen) atoms. The van der Waals surface area contributed by atoms with Crippen LogP contribution in [0, 0.1) is 6.92 Å². The average Bonchev–Trinajstić information content (AvgIpc) is 3.49. The van der Waals surface area contributed by atoms with Gasteiger partial charge in [0.05, 0.1) is 17.3 Å². The van der Waals surface area contributed by atoms with Crippen LogP contribution in [-0.4, -0.2) is 35.8 Å². The maximum atomic E-state index is 6.46. The SMILES string of the molecule is COC[C@@H]1N=C(c2c(C)noc2[C@@H](Sc2ccccc2)Sc2ccccn2)O[C@H]1c1ccccc1. The van der Waals surface area contributed by atoms with Crippen LogP contribution in [0.25, 0.3) is 0 Å². The number of benzene rings is 2. The summed E-state index contributed by atoms with van der Waals surface area (Å²) in [6, 6.07) is 26.1. The maximum Gasteiger partial charge on any atom is 0.222 e. The van der Waals surface area contributed by atoms with E-state index in [9.17, 15) is 0 Å². The third kappa shape index (κ3) is 5.45. The number of rotatable bonds is 9. The molecule has 1 aliphatic rings. The zero-order chi connectivity index (χ0) is 24.0. The topological polar surface area (TPSA) is 69.7 Å². The Morgan fingerprint density at radius 1 is 0.943 bits per heavy atom. The number of aromatic nitrogens is 2. The molecule has 1 aliphatic heterocycles. The van der Waals surface area contributed by atoms with Gasteiger partial charge < -0.3 is 14.0 Å². The fraction of sp³-hybridized carbons (Fsp3) is 0.222. The predicted octanol–water partition coefficient (Wildman–Crippen LogP) is 6.49. The Balaban J connectivity index is 1.51.